The highest BCUT2D eigenvalue weighted by Crippen LogP contribution is 2.14. The zero-order valence-corrected chi connectivity index (χ0v) is 15.2. The summed E-state index contributed by atoms with van der Waals surface area (Å²) in [5.74, 6) is 1.24. The number of anilines is 1. The smallest absolute Gasteiger partial charge is 0.193 e. The number of aryl methyl sites for hydroxylation is 1. The first-order chi connectivity index (χ1) is 10.1. The third-order valence-corrected chi connectivity index (χ3v) is 2.89. The number of nitrogens with two attached hydrogens (primary N) is 1. The van der Waals surface area contributed by atoms with E-state index in [0.29, 0.717) is 12.5 Å². The van der Waals surface area contributed by atoms with Crippen molar-refractivity contribution >= 4 is 35.6 Å². The summed E-state index contributed by atoms with van der Waals surface area (Å²) in [6, 6.07) is 17.7. The highest BCUT2D eigenvalue weighted by Gasteiger charge is 2.04. The van der Waals surface area contributed by atoms with Crippen molar-refractivity contribution in [2.75, 3.05) is 11.9 Å². The number of aliphatic imine (C=N–C) groups is 1. The molecule has 1 unspecified atom stereocenters. The summed E-state index contributed by atoms with van der Waals surface area (Å²) in [6.45, 7) is 4.51. The second-order valence-corrected chi connectivity index (χ2v) is 4.96. The van der Waals surface area contributed by atoms with E-state index in [1.54, 1.807) is 0 Å². The van der Waals surface area contributed by atoms with E-state index in [-0.39, 0.29) is 30.1 Å². The van der Waals surface area contributed by atoms with Crippen molar-refractivity contribution in [3.63, 3.8) is 0 Å². The summed E-state index contributed by atoms with van der Waals surface area (Å²) in [5, 5.41) is 3.04. The van der Waals surface area contributed by atoms with Gasteiger partial charge in [-0.3, -0.25) is 0 Å². The van der Waals surface area contributed by atoms with Crippen LogP contribution in [0.2, 0.25) is 0 Å². The number of hydrogen-bond donors (Lipinski definition) is 2. The minimum atomic E-state index is -0.0390. The minimum absolute atomic E-state index is 0. The summed E-state index contributed by atoms with van der Waals surface area (Å²) in [4.78, 5) is 4.30. The van der Waals surface area contributed by atoms with Crippen LogP contribution in [0.25, 0.3) is 0 Å². The Bertz CT molecular complexity index is 602. The Morgan fingerprint density at radius 1 is 1.18 bits per heavy atom. The lowest BCUT2D eigenvalue weighted by atomic mass is 10.2. The third-order valence-electron chi connectivity index (χ3n) is 2.89. The van der Waals surface area contributed by atoms with Gasteiger partial charge in [0, 0.05) is 5.69 Å². The van der Waals surface area contributed by atoms with Crippen LogP contribution in [0.3, 0.4) is 0 Å². The standard InChI is InChI=1S/C17H21N3O.HI/c1-13-7-6-10-16(11-13)21-14(2)12-19-17(18)20-15-8-4-3-5-9-15;/h3-11,14H,12H2,1-2H3,(H3,18,19,20);1H. The van der Waals surface area contributed by atoms with E-state index in [4.69, 9.17) is 10.5 Å². The third kappa shape index (κ3) is 6.34. The van der Waals surface area contributed by atoms with Crippen molar-refractivity contribution in [1.82, 2.24) is 0 Å². The molecule has 0 heterocycles. The number of benzene rings is 2. The molecule has 0 fully saturated rings. The molecule has 2 aromatic carbocycles. The van der Waals surface area contributed by atoms with Crippen molar-refractivity contribution < 1.29 is 4.74 Å². The van der Waals surface area contributed by atoms with Crippen molar-refractivity contribution in [3.8, 4) is 5.75 Å². The van der Waals surface area contributed by atoms with Gasteiger partial charge in [0.1, 0.15) is 11.9 Å². The quantitative estimate of drug-likeness (QED) is 0.447. The van der Waals surface area contributed by atoms with E-state index in [0.717, 1.165) is 11.4 Å². The number of halogens is 1. The highest BCUT2D eigenvalue weighted by molar-refractivity contribution is 14.0. The van der Waals surface area contributed by atoms with Gasteiger partial charge in [-0.1, -0.05) is 30.3 Å². The van der Waals surface area contributed by atoms with Crippen LogP contribution in [0.1, 0.15) is 12.5 Å². The Balaban J connectivity index is 0.00000242. The number of para-hydroxylation sites is 1. The van der Waals surface area contributed by atoms with Gasteiger partial charge in [-0.05, 0) is 43.7 Å². The molecule has 0 spiro atoms. The first-order valence-corrected chi connectivity index (χ1v) is 6.99. The van der Waals surface area contributed by atoms with Crippen molar-refractivity contribution in [1.29, 1.82) is 0 Å². The molecule has 0 radical (unpaired) electrons. The maximum Gasteiger partial charge on any atom is 0.193 e. The molecule has 1 atom stereocenters. The van der Waals surface area contributed by atoms with Gasteiger partial charge >= 0.3 is 0 Å². The van der Waals surface area contributed by atoms with Crippen LogP contribution < -0.4 is 15.8 Å². The topological polar surface area (TPSA) is 59.6 Å². The van der Waals surface area contributed by atoms with E-state index in [9.17, 15) is 0 Å². The number of guanidine groups is 1. The molecule has 0 amide bonds. The number of nitrogens with one attached hydrogen (secondary N) is 1. The van der Waals surface area contributed by atoms with Crippen LogP contribution >= 0.6 is 24.0 Å². The molecule has 0 bridgehead atoms. The zero-order chi connectivity index (χ0) is 15.1. The molecule has 0 aliphatic rings. The van der Waals surface area contributed by atoms with Crippen molar-refractivity contribution in [2.45, 2.75) is 20.0 Å². The van der Waals surface area contributed by atoms with Crippen LogP contribution in [0.5, 0.6) is 5.75 Å². The largest absolute Gasteiger partial charge is 0.489 e. The van der Waals surface area contributed by atoms with Gasteiger partial charge in [0.05, 0.1) is 6.54 Å². The molecule has 118 valence electrons. The van der Waals surface area contributed by atoms with E-state index >= 15 is 0 Å². The van der Waals surface area contributed by atoms with Gasteiger partial charge < -0.3 is 15.8 Å². The van der Waals surface area contributed by atoms with Gasteiger partial charge in [0.25, 0.3) is 0 Å². The molecule has 0 aliphatic heterocycles. The SMILES string of the molecule is Cc1cccc(OC(C)CN=C(N)Nc2ccccc2)c1.I. The molecule has 0 aliphatic carbocycles. The Kier molecular flexibility index (Phi) is 7.73. The molecule has 0 saturated heterocycles. The predicted molar refractivity (Wildman–Crippen MR) is 103 cm³/mol. The number of rotatable bonds is 5. The fourth-order valence-corrected chi connectivity index (χ4v) is 1.89. The van der Waals surface area contributed by atoms with Gasteiger partial charge in [-0.2, -0.15) is 0 Å². The van der Waals surface area contributed by atoms with Crippen LogP contribution in [0, 0.1) is 6.92 Å². The molecule has 0 saturated carbocycles. The maximum atomic E-state index is 5.85. The second-order valence-electron chi connectivity index (χ2n) is 4.96. The van der Waals surface area contributed by atoms with Crippen LogP contribution in [0.15, 0.2) is 59.6 Å². The fraction of sp³-hybridized carbons (Fsp3) is 0.235. The first kappa shape index (κ1) is 18.3. The minimum Gasteiger partial charge on any atom is -0.489 e. The molecule has 2 aromatic rings. The average molecular weight is 411 g/mol. The van der Waals surface area contributed by atoms with Gasteiger partial charge in [0.2, 0.25) is 0 Å². The molecule has 4 nitrogen and oxygen atoms in total. The van der Waals surface area contributed by atoms with E-state index in [1.807, 2.05) is 68.4 Å². The Hall–Kier alpha value is -1.76. The first-order valence-electron chi connectivity index (χ1n) is 6.99. The zero-order valence-electron chi connectivity index (χ0n) is 12.8. The molecule has 2 rings (SSSR count). The van der Waals surface area contributed by atoms with Gasteiger partial charge in [0.15, 0.2) is 5.96 Å². The maximum absolute atomic E-state index is 5.85. The monoisotopic (exact) mass is 411 g/mol. The fourth-order valence-electron chi connectivity index (χ4n) is 1.89. The predicted octanol–water partition coefficient (Wildman–Crippen LogP) is 3.81. The van der Waals surface area contributed by atoms with Crippen LogP contribution in [0.4, 0.5) is 5.69 Å². The lowest BCUT2D eigenvalue weighted by Gasteiger charge is -2.13. The van der Waals surface area contributed by atoms with Crippen LogP contribution in [-0.4, -0.2) is 18.6 Å². The van der Waals surface area contributed by atoms with Gasteiger partial charge in [-0.15, -0.1) is 24.0 Å². The van der Waals surface area contributed by atoms with Gasteiger partial charge in [-0.25, -0.2) is 4.99 Å². The molecular weight excluding hydrogens is 389 g/mol. The summed E-state index contributed by atoms with van der Waals surface area (Å²) in [5.41, 5.74) is 7.95. The van der Waals surface area contributed by atoms with Crippen LogP contribution in [-0.2, 0) is 0 Å². The van der Waals surface area contributed by atoms with Crippen molar-refractivity contribution in [2.24, 2.45) is 10.7 Å². The lowest BCUT2D eigenvalue weighted by Crippen LogP contribution is -2.25. The molecule has 0 aromatic heterocycles. The molecular formula is C17H22IN3O. The number of nitrogens with zero attached hydrogens (tertiary/aromatic N) is 1. The van der Waals surface area contributed by atoms with E-state index in [1.165, 1.54) is 5.56 Å². The summed E-state index contributed by atoms with van der Waals surface area (Å²) >= 11 is 0. The average Bonchev–Trinajstić information content (AvgIpc) is 2.46. The summed E-state index contributed by atoms with van der Waals surface area (Å²) < 4.78 is 5.81. The highest BCUT2D eigenvalue weighted by atomic mass is 127. The summed E-state index contributed by atoms with van der Waals surface area (Å²) in [6.07, 6.45) is -0.0390. The van der Waals surface area contributed by atoms with E-state index in [2.05, 4.69) is 10.3 Å². The molecule has 3 N–H and O–H groups in total. The van der Waals surface area contributed by atoms with E-state index < -0.39 is 0 Å². The Labute approximate surface area is 148 Å². The molecule has 22 heavy (non-hydrogen) atoms. The number of hydrogen-bond acceptors (Lipinski definition) is 2. The number of ether oxygens (including phenoxy) is 1. The summed E-state index contributed by atoms with van der Waals surface area (Å²) in [7, 11) is 0. The molecule has 5 heteroatoms. The Morgan fingerprint density at radius 2 is 1.91 bits per heavy atom. The normalized spacial score (nSPS) is 12.2. The Morgan fingerprint density at radius 3 is 2.59 bits per heavy atom. The second kappa shape index (κ2) is 9.30. The lowest BCUT2D eigenvalue weighted by molar-refractivity contribution is 0.230. The van der Waals surface area contributed by atoms with Crippen molar-refractivity contribution in [3.05, 3.63) is 60.2 Å².